The van der Waals surface area contributed by atoms with Crippen LogP contribution in [0.4, 0.5) is 0 Å². The summed E-state index contributed by atoms with van der Waals surface area (Å²) in [7, 11) is -3.75. The molecule has 1 fully saturated rings. The van der Waals surface area contributed by atoms with E-state index in [1.807, 2.05) is 0 Å². The predicted octanol–water partition coefficient (Wildman–Crippen LogP) is 2.80. The Kier molecular flexibility index (Phi) is 4.70. The van der Waals surface area contributed by atoms with Gasteiger partial charge in [0.1, 0.15) is 4.21 Å². The maximum Gasteiger partial charge on any atom is 0.250 e. The predicted molar refractivity (Wildman–Crippen MR) is 112 cm³/mol. The number of ketones is 1. The molecule has 0 amide bonds. The van der Waals surface area contributed by atoms with Crippen LogP contribution in [0.15, 0.2) is 21.7 Å². The van der Waals surface area contributed by atoms with E-state index in [4.69, 9.17) is 0 Å². The van der Waals surface area contributed by atoms with Gasteiger partial charge in [-0.2, -0.15) is 0 Å². The number of thiophene rings is 1. The van der Waals surface area contributed by atoms with Gasteiger partial charge in [-0.1, -0.05) is 6.07 Å². The third-order valence-electron chi connectivity index (χ3n) is 6.53. The summed E-state index contributed by atoms with van der Waals surface area (Å²) in [5, 5.41) is 11.8. The third kappa shape index (κ3) is 3.58. The van der Waals surface area contributed by atoms with E-state index >= 15 is 0 Å². The summed E-state index contributed by atoms with van der Waals surface area (Å²) in [5.41, 5.74) is 6.42. The number of hydrogen-bond acceptors (Lipinski definition) is 5. The number of rotatable bonds is 7. The van der Waals surface area contributed by atoms with E-state index in [0.29, 0.717) is 24.8 Å². The molecule has 3 aliphatic rings. The zero-order chi connectivity index (χ0) is 20.2. The van der Waals surface area contributed by atoms with Gasteiger partial charge in [-0.3, -0.25) is 4.79 Å². The van der Waals surface area contributed by atoms with Crippen molar-refractivity contribution in [3.8, 4) is 0 Å². The number of aryl methyl sites for hydroxylation is 2. The molecular weight excluding hydrogens is 406 g/mol. The fourth-order valence-corrected chi connectivity index (χ4v) is 7.09. The van der Waals surface area contributed by atoms with Gasteiger partial charge in [0.2, 0.25) is 10.0 Å². The van der Waals surface area contributed by atoms with Crippen molar-refractivity contribution in [2.75, 3.05) is 6.54 Å². The van der Waals surface area contributed by atoms with Crippen molar-refractivity contribution in [3.05, 3.63) is 50.9 Å². The molecule has 0 spiro atoms. The van der Waals surface area contributed by atoms with Gasteiger partial charge >= 0.3 is 0 Å². The second-order valence-electron chi connectivity index (χ2n) is 8.56. The van der Waals surface area contributed by atoms with Crippen molar-refractivity contribution in [2.45, 2.75) is 67.6 Å². The van der Waals surface area contributed by atoms with Gasteiger partial charge in [-0.15, -0.1) is 11.3 Å². The lowest BCUT2D eigenvalue weighted by Crippen LogP contribution is -2.30. The minimum absolute atomic E-state index is 0.0967. The number of fused-ring (bicyclic) bond motifs is 2. The van der Waals surface area contributed by atoms with Crippen LogP contribution in [0.5, 0.6) is 0 Å². The van der Waals surface area contributed by atoms with Crippen LogP contribution in [0.25, 0.3) is 0 Å². The summed E-state index contributed by atoms with van der Waals surface area (Å²) in [6.45, 7) is -0.196. The second kappa shape index (κ2) is 7.01. The van der Waals surface area contributed by atoms with Crippen molar-refractivity contribution in [2.24, 2.45) is 0 Å². The molecule has 154 valence electrons. The number of carbonyl (C=O) groups is 1. The number of benzene rings is 1. The summed E-state index contributed by atoms with van der Waals surface area (Å²) in [4.78, 5) is 12.7. The van der Waals surface area contributed by atoms with Gasteiger partial charge < -0.3 is 5.11 Å². The van der Waals surface area contributed by atoms with Crippen LogP contribution in [-0.4, -0.2) is 25.9 Å². The molecule has 0 atom stereocenters. The first-order chi connectivity index (χ1) is 13.9. The van der Waals surface area contributed by atoms with E-state index in [2.05, 4.69) is 10.8 Å². The van der Waals surface area contributed by atoms with Gasteiger partial charge in [0, 0.05) is 6.42 Å². The highest BCUT2D eigenvalue weighted by atomic mass is 32.2. The van der Waals surface area contributed by atoms with Crippen LogP contribution in [-0.2, 0) is 52.5 Å². The van der Waals surface area contributed by atoms with Crippen molar-refractivity contribution in [1.82, 2.24) is 4.72 Å². The normalized spacial score (nSPS) is 19.2. The summed E-state index contributed by atoms with van der Waals surface area (Å²) in [6.07, 6.45) is 8.14. The Morgan fingerprint density at radius 1 is 1.07 bits per heavy atom. The minimum Gasteiger partial charge on any atom is -0.385 e. The van der Waals surface area contributed by atoms with Crippen molar-refractivity contribution in [3.63, 3.8) is 0 Å². The highest BCUT2D eigenvalue weighted by molar-refractivity contribution is 7.91. The highest BCUT2D eigenvalue weighted by Crippen LogP contribution is 2.47. The Morgan fingerprint density at radius 3 is 2.34 bits per heavy atom. The molecule has 5 rings (SSSR count). The summed E-state index contributed by atoms with van der Waals surface area (Å²) < 4.78 is 27.8. The maximum absolute atomic E-state index is 12.7. The molecular formula is C22H25NO4S2. The Balaban J connectivity index is 1.29. The molecule has 0 radical (unpaired) electrons. The van der Waals surface area contributed by atoms with Crippen LogP contribution < -0.4 is 4.72 Å². The monoisotopic (exact) mass is 431 g/mol. The molecule has 0 bridgehead atoms. The first kappa shape index (κ1) is 19.4. The second-order valence-corrected chi connectivity index (χ2v) is 11.5. The SMILES string of the molecule is O=C(CNS(=O)(=O)c1cc(C2(O)CC2)cs1)Cc1c2c(cc3c1CCC3)CCC2. The number of carbonyl (C=O) groups excluding carboxylic acids is 1. The van der Waals surface area contributed by atoms with E-state index in [-0.39, 0.29) is 16.5 Å². The molecule has 2 N–H and O–H groups in total. The molecule has 1 heterocycles. The van der Waals surface area contributed by atoms with E-state index < -0.39 is 15.6 Å². The molecule has 0 aliphatic heterocycles. The first-order valence-electron chi connectivity index (χ1n) is 10.3. The summed E-state index contributed by atoms with van der Waals surface area (Å²) in [6, 6.07) is 3.87. The number of hydrogen-bond donors (Lipinski definition) is 2. The van der Waals surface area contributed by atoms with Crippen LogP contribution in [0.1, 0.15) is 59.1 Å². The van der Waals surface area contributed by atoms with Gasteiger partial charge in [0.25, 0.3) is 0 Å². The highest BCUT2D eigenvalue weighted by Gasteiger charge is 2.43. The number of nitrogens with one attached hydrogen (secondary N) is 1. The minimum atomic E-state index is -3.75. The van der Waals surface area contributed by atoms with Gasteiger partial charge in [-0.05, 0) is 96.2 Å². The van der Waals surface area contributed by atoms with Crippen LogP contribution in [0.3, 0.4) is 0 Å². The van der Waals surface area contributed by atoms with E-state index in [0.717, 1.165) is 49.9 Å². The zero-order valence-electron chi connectivity index (χ0n) is 16.3. The van der Waals surface area contributed by atoms with E-state index in [9.17, 15) is 18.3 Å². The Bertz CT molecular complexity index is 1060. The van der Waals surface area contributed by atoms with Crippen LogP contribution in [0, 0.1) is 0 Å². The molecule has 1 saturated carbocycles. The molecule has 1 aromatic heterocycles. The number of aliphatic hydroxyl groups is 1. The molecule has 29 heavy (non-hydrogen) atoms. The van der Waals surface area contributed by atoms with E-state index in [1.54, 1.807) is 5.38 Å². The quantitative estimate of drug-likeness (QED) is 0.706. The first-order valence-corrected chi connectivity index (χ1v) is 12.7. The van der Waals surface area contributed by atoms with Crippen LogP contribution >= 0.6 is 11.3 Å². The average Bonchev–Trinajstić information content (AvgIpc) is 3.16. The lowest BCUT2D eigenvalue weighted by Gasteiger charge is -2.15. The van der Waals surface area contributed by atoms with Gasteiger partial charge in [-0.25, -0.2) is 13.1 Å². The topological polar surface area (TPSA) is 83.5 Å². The Morgan fingerprint density at radius 2 is 1.72 bits per heavy atom. The molecule has 0 saturated heterocycles. The lowest BCUT2D eigenvalue weighted by atomic mass is 9.91. The number of sulfonamides is 1. The fraction of sp³-hybridized carbons (Fsp3) is 0.500. The largest absolute Gasteiger partial charge is 0.385 e. The molecule has 5 nitrogen and oxygen atoms in total. The van der Waals surface area contributed by atoms with Crippen molar-refractivity contribution >= 4 is 27.1 Å². The molecule has 1 aromatic carbocycles. The van der Waals surface area contributed by atoms with E-state index in [1.165, 1.54) is 33.9 Å². The molecule has 2 aromatic rings. The summed E-state index contributed by atoms with van der Waals surface area (Å²) >= 11 is 1.09. The molecule has 0 unspecified atom stereocenters. The van der Waals surface area contributed by atoms with Gasteiger partial charge in [0.05, 0.1) is 12.1 Å². The van der Waals surface area contributed by atoms with Crippen LogP contribution in [0.2, 0.25) is 0 Å². The zero-order valence-corrected chi connectivity index (χ0v) is 17.9. The third-order valence-corrected chi connectivity index (χ3v) is 9.37. The Labute approximate surface area is 175 Å². The fourth-order valence-electron chi connectivity index (χ4n) is 4.76. The lowest BCUT2D eigenvalue weighted by molar-refractivity contribution is -0.117. The maximum atomic E-state index is 12.7. The Hall–Kier alpha value is -1.54. The molecule has 3 aliphatic carbocycles. The summed E-state index contributed by atoms with van der Waals surface area (Å²) in [5.74, 6) is -0.0967. The average molecular weight is 432 g/mol. The van der Waals surface area contributed by atoms with Crippen molar-refractivity contribution < 1.29 is 18.3 Å². The standard InChI is InChI=1S/C22H25NO4S2/c24-17(11-20-18-5-1-3-14(18)9-15-4-2-6-19(15)20)12-23-29(26,27)21-10-16(13-28-21)22(25)7-8-22/h9-10,13,23,25H,1-8,11-12H2. The smallest absolute Gasteiger partial charge is 0.250 e. The molecule has 7 heteroatoms. The number of Topliss-reactive ketones (excluding diaryl/α,β-unsaturated/α-hetero) is 1. The van der Waals surface area contributed by atoms with Crippen molar-refractivity contribution in [1.29, 1.82) is 0 Å². The van der Waals surface area contributed by atoms with Gasteiger partial charge in [0.15, 0.2) is 5.78 Å².